The zero-order valence-electron chi connectivity index (χ0n) is 21.5. The lowest BCUT2D eigenvalue weighted by atomic mass is 9.67. The van der Waals surface area contributed by atoms with Crippen molar-refractivity contribution in [1.82, 2.24) is 15.5 Å². The first-order chi connectivity index (χ1) is 16.0. The van der Waals surface area contributed by atoms with E-state index in [-0.39, 0.29) is 29.7 Å². The molecule has 0 spiro atoms. The van der Waals surface area contributed by atoms with Gasteiger partial charge >= 0.3 is 0 Å². The molecule has 4 rings (SSSR count). The van der Waals surface area contributed by atoms with Crippen molar-refractivity contribution < 1.29 is 9.59 Å². The standard InChI is InChI=1S/C28H49N3O2/c1-19-23(18-31-15-8-9-16-31)13-10-14-24(19)27(32)29-17-25-20(2)26(21(3)30-28(25)33)22-11-6-4-5-7-12-22/h19-26H,4-18H2,1-3H3,(H,29,32)(H,30,33)/t19-,20-,21-,23?,24?,25?,26?/m1/s1. The third-order valence-electron chi connectivity index (χ3n) is 9.96. The molecule has 0 bridgehead atoms. The highest BCUT2D eigenvalue weighted by Crippen LogP contribution is 2.40. The molecule has 4 unspecified atom stereocenters. The minimum Gasteiger partial charge on any atom is -0.355 e. The number of carbonyl (C=O) groups excluding carboxylic acids is 2. The van der Waals surface area contributed by atoms with E-state index >= 15 is 0 Å². The summed E-state index contributed by atoms with van der Waals surface area (Å²) in [5, 5.41) is 6.56. The zero-order chi connectivity index (χ0) is 23.4. The van der Waals surface area contributed by atoms with Crippen molar-refractivity contribution in [3.05, 3.63) is 0 Å². The second kappa shape index (κ2) is 11.6. The van der Waals surface area contributed by atoms with Crippen LogP contribution in [-0.2, 0) is 9.59 Å². The fourth-order valence-electron chi connectivity index (χ4n) is 7.92. The molecule has 7 atom stereocenters. The van der Waals surface area contributed by atoms with E-state index < -0.39 is 0 Å². The van der Waals surface area contributed by atoms with Gasteiger partial charge in [-0.3, -0.25) is 9.59 Å². The third kappa shape index (κ3) is 5.94. The van der Waals surface area contributed by atoms with Gasteiger partial charge in [0.25, 0.3) is 0 Å². The number of likely N-dealkylation sites (tertiary alicyclic amines) is 1. The van der Waals surface area contributed by atoms with Crippen molar-refractivity contribution in [3.63, 3.8) is 0 Å². The summed E-state index contributed by atoms with van der Waals surface area (Å²) in [5.74, 6) is 2.95. The Morgan fingerprint density at radius 2 is 1.61 bits per heavy atom. The van der Waals surface area contributed by atoms with Crippen LogP contribution in [0.5, 0.6) is 0 Å². The van der Waals surface area contributed by atoms with Crippen LogP contribution in [0.2, 0.25) is 0 Å². The summed E-state index contributed by atoms with van der Waals surface area (Å²) in [6, 6.07) is 0.243. The molecule has 4 aliphatic rings. The second-order valence-corrected chi connectivity index (χ2v) is 12.0. The van der Waals surface area contributed by atoms with Crippen LogP contribution in [0.25, 0.3) is 0 Å². The number of amides is 2. The molecular formula is C28H49N3O2. The quantitative estimate of drug-likeness (QED) is 0.570. The molecule has 2 N–H and O–H groups in total. The smallest absolute Gasteiger partial charge is 0.225 e. The number of rotatable bonds is 6. The lowest BCUT2D eigenvalue weighted by Crippen LogP contribution is -2.57. The SMILES string of the molecule is C[C@@H]1C(CN2CCCC2)CCCC1C(=O)NCC1C(=O)N[C@H](C)C(C2CCCCCC2)[C@@H]1C. The van der Waals surface area contributed by atoms with Gasteiger partial charge in [0, 0.05) is 25.0 Å². The van der Waals surface area contributed by atoms with Crippen molar-refractivity contribution >= 4 is 11.8 Å². The van der Waals surface area contributed by atoms with Gasteiger partial charge in [-0.25, -0.2) is 0 Å². The van der Waals surface area contributed by atoms with Gasteiger partial charge in [-0.15, -0.1) is 0 Å². The van der Waals surface area contributed by atoms with Gasteiger partial charge in [0.05, 0.1) is 5.92 Å². The number of hydrogen-bond donors (Lipinski definition) is 2. The van der Waals surface area contributed by atoms with E-state index in [1.807, 2.05) is 0 Å². The van der Waals surface area contributed by atoms with E-state index in [4.69, 9.17) is 0 Å². The Labute approximate surface area is 202 Å². The number of nitrogens with one attached hydrogen (secondary N) is 2. The molecule has 0 radical (unpaired) electrons. The van der Waals surface area contributed by atoms with Gasteiger partial charge in [-0.1, -0.05) is 58.8 Å². The van der Waals surface area contributed by atoms with Gasteiger partial charge in [0.15, 0.2) is 0 Å². The first kappa shape index (κ1) is 25.0. The fourth-order valence-corrected chi connectivity index (χ4v) is 7.92. The number of carbonyl (C=O) groups is 2. The Hall–Kier alpha value is -1.10. The van der Waals surface area contributed by atoms with Gasteiger partial charge in [-0.05, 0) is 75.3 Å². The van der Waals surface area contributed by atoms with Crippen LogP contribution in [0.3, 0.4) is 0 Å². The molecule has 4 fully saturated rings. The molecule has 2 saturated heterocycles. The molecule has 2 heterocycles. The van der Waals surface area contributed by atoms with E-state index in [2.05, 4.69) is 36.3 Å². The molecule has 2 amide bonds. The van der Waals surface area contributed by atoms with E-state index in [1.54, 1.807) is 0 Å². The summed E-state index contributed by atoms with van der Waals surface area (Å²) < 4.78 is 0. The first-order valence-electron chi connectivity index (χ1n) is 14.3. The van der Waals surface area contributed by atoms with Gasteiger partial charge < -0.3 is 15.5 Å². The highest BCUT2D eigenvalue weighted by atomic mass is 16.2. The molecule has 2 saturated carbocycles. The molecule has 188 valence electrons. The predicted octanol–water partition coefficient (Wildman–Crippen LogP) is 4.61. The van der Waals surface area contributed by atoms with Crippen molar-refractivity contribution in [2.24, 2.45) is 41.4 Å². The highest BCUT2D eigenvalue weighted by molar-refractivity contribution is 5.83. The Morgan fingerprint density at radius 3 is 2.30 bits per heavy atom. The topological polar surface area (TPSA) is 61.4 Å². The van der Waals surface area contributed by atoms with Crippen LogP contribution >= 0.6 is 0 Å². The minimum absolute atomic E-state index is 0.0994. The van der Waals surface area contributed by atoms with E-state index in [9.17, 15) is 9.59 Å². The molecule has 0 aromatic heterocycles. The van der Waals surface area contributed by atoms with Crippen molar-refractivity contribution in [1.29, 1.82) is 0 Å². The summed E-state index contributed by atoms with van der Waals surface area (Å²) in [5.41, 5.74) is 0. The molecule has 33 heavy (non-hydrogen) atoms. The van der Waals surface area contributed by atoms with Gasteiger partial charge in [0.2, 0.25) is 11.8 Å². The maximum Gasteiger partial charge on any atom is 0.225 e. The maximum absolute atomic E-state index is 13.3. The normalized spacial score (nSPS) is 39.1. The van der Waals surface area contributed by atoms with E-state index in [0.29, 0.717) is 36.1 Å². The van der Waals surface area contributed by atoms with Crippen LogP contribution in [0.1, 0.15) is 91.4 Å². The van der Waals surface area contributed by atoms with Crippen molar-refractivity contribution in [2.45, 2.75) is 97.4 Å². The predicted molar refractivity (Wildman–Crippen MR) is 134 cm³/mol. The van der Waals surface area contributed by atoms with Gasteiger partial charge in [0.1, 0.15) is 0 Å². The van der Waals surface area contributed by atoms with E-state index in [0.717, 1.165) is 19.4 Å². The molecule has 5 nitrogen and oxygen atoms in total. The summed E-state index contributed by atoms with van der Waals surface area (Å²) in [4.78, 5) is 28.8. The average molecular weight is 460 g/mol. The molecule has 5 heteroatoms. The summed E-state index contributed by atoms with van der Waals surface area (Å²) in [6.45, 7) is 10.9. The maximum atomic E-state index is 13.3. The van der Waals surface area contributed by atoms with Crippen LogP contribution < -0.4 is 10.6 Å². The molecule has 2 aliphatic heterocycles. The minimum atomic E-state index is -0.0994. The van der Waals surface area contributed by atoms with Crippen LogP contribution in [0.15, 0.2) is 0 Å². The molecule has 0 aromatic rings. The molecule has 0 aromatic carbocycles. The van der Waals surface area contributed by atoms with Crippen LogP contribution in [0.4, 0.5) is 0 Å². The largest absolute Gasteiger partial charge is 0.355 e. The van der Waals surface area contributed by atoms with Crippen LogP contribution in [-0.4, -0.2) is 48.9 Å². The van der Waals surface area contributed by atoms with Crippen LogP contribution in [0, 0.1) is 41.4 Å². The Morgan fingerprint density at radius 1 is 0.909 bits per heavy atom. The Bertz CT molecular complexity index is 654. The zero-order valence-corrected chi connectivity index (χ0v) is 21.5. The van der Waals surface area contributed by atoms with Crippen molar-refractivity contribution in [3.8, 4) is 0 Å². The monoisotopic (exact) mass is 459 g/mol. The molecule has 2 aliphatic carbocycles. The summed E-state index contributed by atoms with van der Waals surface area (Å²) in [6.07, 6.45) is 14.0. The highest BCUT2D eigenvalue weighted by Gasteiger charge is 2.43. The lowest BCUT2D eigenvalue weighted by Gasteiger charge is -2.44. The Kier molecular flexibility index (Phi) is 8.75. The number of nitrogens with zero attached hydrogens (tertiary/aromatic N) is 1. The number of hydrogen-bond acceptors (Lipinski definition) is 3. The summed E-state index contributed by atoms with van der Waals surface area (Å²) in [7, 11) is 0. The Balaban J connectivity index is 1.33. The molecular weight excluding hydrogens is 410 g/mol. The first-order valence-corrected chi connectivity index (χ1v) is 14.3. The third-order valence-corrected chi connectivity index (χ3v) is 9.96. The number of piperidine rings is 1. The summed E-state index contributed by atoms with van der Waals surface area (Å²) >= 11 is 0. The van der Waals surface area contributed by atoms with Crippen molar-refractivity contribution in [2.75, 3.05) is 26.2 Å². The lowest BCUT2D eigenvalue weighted by molar-refractivity contribution is -0.134. The van der Waals surface area contributed by atoms with E-state index in [1.165, 1.54) is 70.9 Å². The van der Waals surface area contributed by atoms with Gasteiger partial charge in [-0.2, -0.15) is 0 Å². The fraction of sp³-hybridized carbons (Fsp3) is 0.929. The average Bonchev–Trinajstić information content (AvgIpc) is 3.15. The second-order valence-electron chi connectivity index (χ2n) is 12.0.